The van der Waals surface area contributed by atoms with Crippen molar-refractivity contribution in [3.8, 4) is 0 Å². The second-order valence-corrected chi connectivity index (χ2v) is 7.44. The number of likely N-dealkylation sites (tertiary alicyclic amines) is 1. The minimum atomic E-state index is -0.199. The third-order valence-electron chi connectivity index (χ3n) is 5.01. The standard InChI is InChI=1S/C17H21BrFN5/c18-15-9-14(19)2-1-13(15)11-23-6-3-12(4-7-23)17-22-21-16-10-20-5-8-24(16)17/h1-2,9,12,20H,3-8,10-11H2. The molecule has 0 amide bonds. The zero-order chi connectivity index (χ0) is 16.5. The number of piperidine rings is 1. The maximum atomic E-state index is 13.2. The lowest BCUT2D eigenvalue weighted by atomic mass is 9.95. The summed E-state index contributed by atoms with van der Waals surface area (Å²) < 4.78 is 16.4. The number of halogens is 2. The Bertz CT molecular complexity index is 724. The fourth-order valence-corrected chi connectivity index (χ4v) is 4.13. The highest BCUT2D eigenvalue weighted by molar-refractivity contribution is 9.10. The molecule has 2 aromatic rings. The Morgan fingerprint density at radius 1 is 1.21 bits per heavy atom. The van der Waals surface area contributed by atoms with Gasteiger partial charge in [0.15, 0.2) is 0 Å². The van der Waals surface area contributed by atoms with E-state index in [9.17, 15) is 4.39 Å². The molecule has 1 fully saturated rings. The van der Waals surface area contributed by atoms with Crippen LogP contribution in [0.4, 0.5) is 4.39 Å². The van der Waals surface area contributed by atoms with E-state index in [1.54, 1.807) is 6.07 Å². The molecule has 3 heterocycles. The van der Waals surface area contributed by atoms with Gasteiger partial charge in [-0.05, 0) is 43.6 Å². The maximum absolute atomic E-state index is 13.2. The average Bonchev–Trinajstić information content (AvgIpc) is 3.02. The molecular formula is C17H21BrFN5. The Kier molecular flexibility index (Phi) is 4.65. The summed E-state index contributed by atoms with van der Waals surface area (Å²) in [6.45, 7) is 5.72. The van der Waals surface area contributed by atoms with Gasteiger partial charge in [-0.25, -0.2) is 4.39 Å². The van der Waals surface area contributed by atoms with Crippen LogP contribution in [0.15, 0.2) is 22.7 Å². The van der Waals surface area contributed by atoms with Crippen LogP contribution in [0.2, 0.25) is 0 Å². The van der Waals surface area contributed by atoms with Gasteiger partial charge >= 0.3 is 0 Å². The van der Waals surface area contributed by atoms with Gasteiger partial charge in [0.25, 0.3) is 0 Å². The first-order valence-corrected chi connectivity index (χ1v) is 9.29. The van der Waals surface area contributed by atoms with Crippen molar-refractivity contribution < 1.29 is 4.39 Å². The molecule has 7 heteroatoms. The number of fused-ring (bicyclic) bond motifs is 1. The van der Waals surface area contributed by atoms with Gasteiger partial charge < -0.3 is 9.88 Å². The Labute approximate surface area is 149 Å². The molecule has 5 nitrogen and oxygen atoms in total. The van der Waals surface area contributed by atoms with E-state index in [0.29, 0.717) is 5.92 Å². The largest absolute Gasteiger partial charge is 0.312 e. The van der Waals surface area contributed by atoms with Crippen molar-refractivity contribution in [1.82, 2.24) is 25.0 Å². The zero-order valence-corrected chi connectivity index (χ0v) is 15.1. The number of aromatic nitrogens is 3. The average molecular weight is 394 g/mol. The summed E-state index contributed by atoms with van der Waals surface area (Å²) in [5, 5.41) is 12.1. The summed E-state index contributed by atoms with van der Waals surface area (Å²) in [6.07, 6.45) is 2.20. The summed E-state index contributed by atoms with van der Waals surface area (Å²) in [4.78, 5) is 2.43. The Balaban J connectivity index is 1.39. The molecule has 0 unspecified atom stereocenters. The molecule has 0 spiro atoms. The molecule has 24 heavy (non-hydrogen) atoms. The molecular weight excluding hydrogens is 373 g/mol. The van der Waals surface area contributed by atoms with Crippen LogP contribution in [0.5, 0.6) is 0 Å². The molecule has 2 aliphatic rings. The molecule has 1 N–H and O–H groups in total. The third-order valence-corrected chi connectivity index (χ3v) is 5.75. The van der Waals surface area contributed by atoms with Gasteiger partial charge in [0.1, 0.15) is 17.5 Å². The van der Waals surface area contributed by atoms with Crippen LogP contribution in [0.1, 0.15) is 36.0 Å². The molecule has 4 rings (SSSR count). The maximum Gasteiger partial charge on any atom is 0.147 e. The monoisotopic (exact) mass is 393 g/mol. The van der Waals surface area contributed by atoms with Crippen LogP contribution in [0.25, 0.3) is 0 Å². The lowest BCUT2D eigenvalue weighted by molar-refractivity contribution is 0.199. The van der Waals surface area contributed by atoms with Gasteiger partial charge in [0.05, 0.1) is 6.54 Å². The fourth-order valence-electron chi connectivity index (χ4n) is 3.66. The third kappa shape index (κ3) is 3.25. The van der Waals surface area contributed by atoms with E-state index in [1.165, 1.54) is 6.07 Å². The molecule has 0 radical (unpaired) electrons. The Hall–Kier alpha value is -1.31. The summed E-state index contributed by atoms with van der Waals surface area (Å²) >= 11 is 3.46. The van der Waals surface area contributed by atoms with Gasteiger partial charge in [0, 0.05) is 30.0 Å². The van der Waals surface area contributed by atoms with E-state index in [4.69, 9.17) is 0 Å². The predicted molar refractivity (Wildman–Crippen MR) is 93.1 cm³/mol. The quantitative estimate of drug-likeness (QED) is 0.870. The highest BCUT2D eigenvalue weighted by Crippen LogP contribution is 2.29. The minimum Gasteiger partial charge on any atom is -0.312 e. The number of hydrogen-bond donors (Lipinski definition) is 1. The predicted octanol–water partition coefficient (Wildman–Crippen LogP) is 2.66. The second kappa shape index (κ2) is 6.90. The van der Waals surface area contributed by atoms with Crippen molar-refractivity contribution in [1.29, 1.82) is 0 Å². The minimum absolute atomic E-state index is 0.199. The van der Waals surface area contributed by atoms with Crippen LogP contribution in [-0.2, 0) is 19.6 Å². The summed E-state index contributed by atoms with van der Waals surface area (Å²) in [5.41, 5.74) is 1.14. The van der Waals surface area contributed by atoms with E-state index in [0.717, 1.165) is 73.8 Å². The number of hydrogen-bond acceptors (Lipinski definition) is 4. The number of nitrogens with zero attached hydrogens (tertiary/aromatic N) is 4. The SMILES string of the molecule is Fc1ccc(CN2CCC(c3nnc4n3CCNC4)CC2)c(Br)c1. The lowest BCUT2D eigenvalue weighted by Gasteiger charge is -2.32. The first-order chi connectivity index (χ1) is 11.7. The van der Waals surface area contributed by atoms with Gasteiger partial charge in [0.2, 0.25) is 0 Å². The summed E-state index contributed by atoms with van der Waals surface area (Å²) in [6, 6.07) is 4.94. The Morgan fingerprint density at radius 2 is 2.04 bits per heavy atom. The van der Waals surface area contributed by atoms with E-state index >= 15 is 0 Å². The van der Waals surface area contributed by atoms with E-state index in [1.807, 2.05) is 6.07 Å². The van der Waals surface area contributed by atoms with Crippen molar-refractivity contribution in [3.63, 3.8) is 0 Å². The summed E-state index contributed by atoms with van der Waals surface area (Å²) in [5.74, 6) is 2.52. The van der Waals surface area contributed by atoms with Crippen molar-refractivity contribution in [2.75, 3.05) is 19.6 Å². The number of benzene rings is 1. The lowest BCUT2D eigenvalue weighted by Crippen LogP contribution is -2.34. The smallest absolute Gasteiger partial charge is 0.147 e. The van der Waals surface area contributed by atoms with Gasteiger partial charge in [-0.2, -0.15) is 0 Å². The first kappa shape index (κ1) is 16.2. The first-order valence-electron chi connectivity index (χ1n) is 8.49. The highest BCUT2D eigenvalue weighted by Gasteiger charge is 2.27. The van der Waals surface area contributed by atoms with E-state index in [-0.39, 0.29) is 5.82 Å². The topological polar surface area (TPSA) is 46.0 Å². The normalized spacial score (nSPS) is 19.4. The molecule has 128 valence electrons. The molecule has 2 aliphatic heterocycles. The Morgan fingerprint density at radius 3 is 2.83 bits per heavy atom. The van der Waals surface area contributed by atoms with Crippen molar-refractivity contribution in [2.24, 2.45) is 0 Å². The van der Waals surface area contributed by atoms with Crippen LogP contribution < -0.4 is 5.32 Å². The van der Waals surface area contributed by atoms with Gasteiger partial charge in [-0.1, -0.05) is 22.0 Å². The molecule has 0 aliphatic carbocycles. The van der Waals surface area contributed by atoms with Crippen molar-refractivity contribution in [2.45, 2.75) is 38.4 Å². The van der Waals surface area contributed by atoms with Crippen molar-refractivity contribution in [3.05, 3.63) is 45.7 Å². The molecule has 0 atom stereocenters. The number of rotatable bonds is 3. The number of nitrogens with one attached hydrogen (secondary N) is 1. The van der Waals surface area contributed by atoms with Gasteiger partial charge in [-0.3, -0.25) is 4.90 Å². The molecule has 0 bridgehead atoms. The van der Waals surface area contributed by atoms with Crippen LogP contribution in [0.3, 0.4) is 0 Å². The van der Waals surface area contributed by atoms with Crippen molar-refractivity contribution >= 4 is 15.9 Å². The fraction of sp³-hybridized carbons (Fsp3) is 0.529. The second-order valence-electron chi connectivity index (χ2n) is 6.59. The molecule has 1 aromatic heterocycles. The van der Waals surface area contributed by atoms with Gasteiger partial charge in [-0.15, -0.1) is 10.2 Å². The van der Waals surface area contributed by atoms with Crippen LogP contribution in [0, 0.1) is 5.82 Å². The van der Waals surface area contributed by atoms with Crippen LogP contribution in [-0.4, -0.2) is 39.3 Å². The molecule has 1 saturated heterocycles. The molecule has 0 saturated carbocycles. The van der Waals surface area contributed by atoms with E-state index < -0.39 is 0 Å². The van der Waals surface area contributed by atoms with Crippen LogP contribution >= 0.6 is 15.9 Å². The highest BCUT2D eigenvalue weighted by atomic mass is 79.9. The zero-order valence-electron chi connectivity index (χ0n) is 13.5. The summed E-state index contributed by atoms with van der Waals surface area (Å²) in [7, 11) is 0. The van der Waals surface area contributed by atoms with E-state index in [2.05, 4.69) is 40.9 Å². The molecule has 1 aromatic carbocycles.